The molecule has 106 valence electrons. The molecule has 0 amide bonds. The van der Waals surface area contributed by atoms with Gasteiger partial charge in [-0.3, -0.25) is 0 Å². The number of hydrogen-bond donors (Lipinski definition) is 1. The van der Waals surface area contributed by atoms with E-state index < -0.39 is 5.97 Å². The largest absolute Gasteiger partial charge is 0.475 e. The van der Waals surface area contributed by atoms with Crippen LogP contribution >= 0.6 is 11.8 Å². The molecule has 3 aromatic rings. The van der Waals surface area contributed by atoms with Gasteiger partial charge in [0.25, 0.3) is 0 Å². The third-order valence-electron chi connectivity index (χ3n) is 2.67. The zero-order valence-corrected chi connectivity index (χ0v) is 11.5. The summed E-state index contributed by atoms with van der Waals surface area (Å²) in [5.74, 6) is -0.0512. The molecule has 0 aliphatic rings. The smallest absolute Gasteiger partial charge is 0.371 e. The maximum absolute atomic E-state index is 10.7. The molecule has 0 bridgehead atoms. The van der Waals surface area contributed by atoms with Crippen LogP contribution < -0.4 is 0 Å². The topological polar surface area (TPSA) is 94.0 Å². The fourth-order valence-electron chi connectivity index (χ4n) is 1.71. The predicted octanol–water partition coefficient (Wildman–Crippen LogP) is 2.25. The summed E-state index contributed by atoms with van der Waals surface area (Å²) in [6, 6.07) is 12.6. The fourth-order valence-corrected chi connectivity index (χ4v) is 2.48. The van der Waals surface area contributed by atoms with E-state index >= 15 is 0 Å². The highest BCUT2D eigenvalue weighted by Crippen LogP contribution is 2.24. The third-order valence-corrected chi connectivity index (χ3v) is 3.58. The van der Waals surface area contributed by atoms with E-state index in [9.17, 15) is 4.79 Å². The van der Waals surface area contributed by atoms with Crippen molar-refractivity contribution in [1.29, 1.82) is 0 Å². The Morgan fingerprint density at radius 1 is 1.24 bits per heavy atom. The Morgan fingerprint density at radius 3 is 2.76 bits per heavy atom. The first-order chi connectivity index (χ1) is 10.2. The second kappa shape index (κ2) is 5.80. The number of aromatic carboxylic acids is 1. The number of carbonyl (C=O) groups is 1. The van der Waals surface area contributed by atoms with Crippen LogP contribution in [0.25, 0.3) is 5.69 Å². The minimum Gasteiger partial charge on any atom is -0.475 e. The molecule has 7 nitrogen and oxygen atoms in total. The van der Waals surface area contributed by atoms with E-state index in [-0.39, 0.29) is 5.76 Å². The maximum atomic E-state index is 10.7. The molecule has 0 radical (unpaired) electrons. The molecular weight excluding hydrogens is 292 g/mol. The van der Waals surface area contributed by atoms with Gasteiger partial charge in [-0.2, -0.15) is 4.68 Å². The number of carboxylic acids is 1. The Morgan fingerprint density at radius 2 is 2.05 bits per heavy atom. The normalized spacial score (nSPS) is 10.7. The zero-order valence-electron chi connectivity index (χ0n) is 10.7. The van der Waals surface area contributed by atoms with Crippen molar-refractivity contribution in [2.45, 2.75) is 10.8 Å². The van der Waals surface area contributed by atoms with E-state index in [4.69, 9.17) is 9.52 Å². The number of thioether (sulfide) groups is 1. The molecular formula is C13H10N4O3S. The summed E-state index contributed by atoms with van der Waals surface area (Å²) in [4.78, 5) is 10.7. The Hall–Kier alpha value is -2.61. The molecule has 1 aromatic carbocycles. The molecule has 0 aliphatic heterocycles. The van der Waals surface area contributed by atoms with Gasteiger partial charge in [-0.25, -0.2) is 4.79 Å². The van der Waals surface area contributed by atoms with Crippen LogP contribution in [0.15, 0.2) is 52.0 Å². The number of benzene rings is 1. The summed E-state index contributed by atoms with van der Waals surface area (Å²) >= 11 is 1.33. The Bertz CT molecular complexity index is 754. The second-order valence-corrected chi connectivity index (χ2v) is 5.03. The predicted molar refractivity (Wildman–Crippen MR) is 74.4 cm³/mol. The van der Waals surface area contributed by atoms with E-state index in [0.717, 1.165) is 5.69 Å². The molecule has 3 rings (SSSR count). The number of aromatic nitrogens is 4. The lowest BCUT2D eigenvalue weighted by molar-refractivity contribution is 0.0656. The van der Waals surface area contributed by atoms with Crippen LogP contribution in [0.2, 0.25) is 0 Å². The van der Waals surface area contributed by atoms with Crippen LogP contribution in [-0.4, -0.2) is 31.3 Å². The highest BCUT2D eigenvalue weighted by molar-refractivity contribution is 7.98. The van der Waals surface area contributed by atoms with Crippen LogP contribution in [0.3, 0.4) is 0 Å². The van der Waals surface area contributed by atoms with Crippen LogP contribution in [0.5, 0.6) is 0 Å². The van der Waals surface area contributed by atoms with Crippen LogP contribution in [0, 0.1) is 0 Å². The average Bonchev–Trinajstić information content (AvgIpc) is 3.15. The number of rotatable bonds is 5. The van der Waals surface area contributed by atoms with Crippen molar-refractivity contribution in [2.75, 3.05) is 0 Å². The van der Waals surface area contributed by atoms with Gasteiger partial charge in [0.15, 0.2) is 10.9 Å². The summed E-state index contributed by atoms with van der Waals surface area (Å²) < 4.78 is 6.81. The summed E-state index contributed by atoms with van der Waals surface area (Å²) in [6.07, 6.45) is 0. The SMILES string of the molecule is O=C(O)c1ccc(SCc2nnnn2-c2ccccc2)o1. The molecule has 0 aliphatic carbocycles. The molecule has 0 spiro atoms. The first kappa shape index (κ1) is 13.4. The van der Waals surface area contributed by atoms with Gasteiger partial charge in [-0.05, 0) is 34.7 Å². The van der Waals surface area contributed by atoms with Gasteiger partial charge in [0, 0.05) is 0 Å². The average molecular weight is 302 g/mol. The van der Waals surface area contributed by atoms with E-state index in [2.05, 4.69) is 15.5 Å². The molecule has 2 heterocycles. The monoisotopic (exact) mass is 302 g/mol. The summed E-state index contributed by atoms with van der Waals surface area (Å²) in [6.45, 7) is 0. The third kappa shape index (κ3) is 2.95. The molecule has 0 atom stereocenters. The van der Waals surface area contributed by atoms with E-state index in [1.165, 1.54) is 17.8 Å². The van der Waals surface area contributed by atoms with Crippen molar-refractivity contribution in [3.05, 3.63) is 54.0 Å². The molecule has 2 aromatic heterocycles. The van der Waals surface area contributed by atoms with E-state index in [0.29, 0.717) is 16.7 Å². The molecule has 0 unspecified atom stereocenters. The van der Waals surface area contributed by atoms with Gasteiger partial charge < -0.3 is 9.52 Å². The van der Waals surface area contributed by atoms with Crippen molar-refractivity contribution < 1.29 is 14.3 Å². The van der Waals surface area contributed by atoms with Gasteiger partial charge in [-0.1, -0.05) is 30.0 Å². The molecule has 8 heteroatoms. The number of carboxylic acid groups (broad SMARTS) is 1. The number of tetrazole rings is 1. The van der Waals surface area contributed by atoms with Crippen molar-refractivity contribution in [3.8, 4) is 5.69 Å². The van der Waals surface area contributed by atoms with Gasteiger partial charge in [0.1, 0.15) is 0 Å². The number of furan rings is 1. The van der Waals surface area contributed by atoms with Crippen LogP contribution in [-0.2, 0) is 5.75 Å². The highest BCUT2D eigenvalue weighted by Gasteiger charge is 2.12. The Labute approximate surface area is 123 Å². The number of para-hydroxylation sites is 1. The molecule has 1 N–H and O–H groups in total. The van der Waals surface area contributed by atoms with Gasteiger partial charge in [0.05, 0.1) is 11.4 Å². The zero-order chi connectivity index (χ0) is 14.7. The molecule has 0 saturated carbocycles. The summed E-state index contributed by atoms with van der Waals surface area (Å²) in [5.41, 5.74) is 0.865. The standard InChI is InChI=1S/C13H10N4O3S/c18-13(19)10-6-7-12(20-10)21-8-11-14-15-16-17(11)9-4-2-1-3-5-9/h1-7H,8H2,(H,18,19). The van der Waals surface area contributed by atoms with Crippen LogP contribution in [0.1, 0.15) is 16.4 Å². The fraction of sp³-hybridized carbons (Fsp3) is 0.0769. The first-order valence-corrected chi connectivity index (χ1v) is 7.01. The van der Waals surface area contributed by atoms with Crippen molar-refractivity contribution >= 4 is 17.7 Å². The lowest BCUT2D eigenvalue weighted by Crippen LogP contribution is -2.01. The minimum absolute atomic E-state index is 0.0832. The van der Waals surface area contributed by atoms with Crippen molar-refractivity contribution in [1.82, 2.24) is 20.2 Å². The quantitative estimate of drug-likeness (QED) is 0.722. The lowest BCUT2D eigenvalue weighted by atomic mass is 10.3. The summed E-state index contributed by atoms with van der Waals surface area (Å²) in [5, 5.41) is 20.9. The van der Waals surface area contributed by atoms with Crippen LogP contribution in [0.4, 0.5) is 0 Å². The van der Waals surface area contributed by atoms with Gasteiger partial charge >= 0.3 is 5.97 Å². The number of hydrogen-bond acceptors (Lipinski definition) is 6. The second-order valence-electron chi connectivity index (χ2n) is 4.05. The van der Waals surface area contributed by atoms with Gasteiger partial charge in [-0.15, -0.1) is 5.10 Å². The van der Waals surface area contributed by atoms with E-state index in [1.54, 1.807) is 10.7 Å². The van der Waals surface area contributed by atoms with Crippen molar-refractivity contribution in [3.63, 3.8) is 0 Å². The Kier molecular flexibility index (Phi) is 3.69. The Balaban J connectivity index is 1.74. The number of nitrogens with zero attached hydrogens (tertiary/aromatic N) is 4. The summed E-state index contributed by atoms with van der Waals surface area (Å²) in [7, 11) is 0. The van der Waals surface area contributed by atoms with E-state index in [1.807, 2.05) is 30.3 Å². The maximum Gasteiger partial charge on any atom is 0.371 e. The highest BCUT2D eigenvalue weighted by atomic mass is 32.2. The molecule has 0 fully saturated rings. The minimum atomic E-state index is -1.09. The van der Waals surface area contributed by atoms with Gasteiger partial charge in [0.2, 0.25) is 5.76 Å². The first-order valence-electron chi connectivity index (χ1n) is 6.02. The molecule has 21 heavy (non-hydrogen) atoms. The molecule has 0 saturated heterocycles. The lowest BCUT2D eigenvalue weighted by Gasteiger charge is -2.02. The van der Waals surface area contributed by atoms with Crippen molar-refractivity contribution in [2.24, 2.45) is 0 Å².